The highest BCUT2D eigenvalue weighted by Crippen LogP contribution is 2.28. The SMILES string of the molecule is FSCCOc1ccc2c(c1)[nH]c1ccccc12. The van der Waals surface area contributed by atoms with Crippen LogP contribution in [0.5, 0.6) is 5.75 Å². The molecular formula is C14H12FNOS. The number of ether oxygens (including phenoxy) is 1. The molecule has 0 aliphatic rings. The molecule has 2 aromatic carbocycles. The van der Waals surface area contributed by atoms with Gasteiger partial charge in [0.25, 0.3) is 0 Å². The summed E-state index contributed by atoms with van der Waals surface area (Å²) in [6, 6.07) is 14.1. The second-order valence-corrected chi connectivity index (χ2v) is 4.67. The van der Waals surface area contributed by atoms with E-state index >= 15 is 0 Å². The third kappa shape index (κ3) is 2.04. The van der Waals surface area contributed by atoms with E-state index in [0.717, 1.165) is 16.8 Å². The van der Waals surface area contributed by atoms with Gasteiger partial charge in [-0.05, 0) is 18.2 Å². The molecule has 0 aliphatic carbocycles. The molecule has 0 spiro atoms. The summed E-state index contributed by atoms with van der Waals surface area (Å²) in [5, 5.41) is 2.39. The highest BCUT2D eigenvalue weighted by atomic mass is 32.2. The molecule has 0 bridgehead atoms. The van der Waals surface area contributed by atoms with E-state index in [1.807, 2.05) is 30.3 Å². The lowest BCUT2D eigenvalue weighted by Gasteiger charge is -2.03. The minimum absolute atomic E-state index is 0.295. The zero-order valence-electron chi connectivity index (χ0n) is 9.65. The summed E-state index contributed by atoms with van der Waals surface area (Å²) in [5.74, 6) is 1.12. The third-order valence-corrected chi connectivity index (χ3v) is 3.23. The Bertz CT molecular complexity index is 680. The average molecular weight is 261 g/mol. The second-order valence-electron chi connectivity index (χ2n) is 4.04. The Kier molecular flexibility index (Phi) is 3.11. The lowest BCUT2D eigenvalue weighted by molar-refractivity contribution is 0.344. The molecule has 0 saturated heterocycles. The quantitative estimate of drug-likeness (QED) is 0.708. The molecule has 3 aromatic rings. The van der Waals surface area contributed by atoms with Gasteiger partial charge in [0.2, 0.25) is 0 Å². The zero-order valence-corrected chi connectivity index (χ0v) is 10.5. The van der Waals surface area contributed by atoms with E-state index in [-0.39, 0.29) is 0 Å². The van der Waals surface area contributed by atoms with Gasteiger partial charge in [-0.3, -0.25) is 0 Å². The molecule has 1 N–H and O–H groups in total. The van der Waals surface area contributed by atoms with Crippen LogP contribution in [0.2, 0.25) is 0 Å². The summed E-state index contributed by atoms with van der Waals surface area (Å²) in [4.78, 5) is 3.35. The van der Waals surface area contributed by atoms with Gasteiger partial charge in [-0.15, -0.1) is 0 Å². The first-order chi connectivity index (χ1) is 8.88. The van der Waals surface area contributed by atoms with Crippen LogP contribution in [0.15, 0.2) is 42.5 Å². The van der Waals surface area contributed by atoms with Gasteiger partial charge in [-0.1, -0.05) is 18.2 Å². The zero-order chi connectivity index (χ0) is 12.4. The first-order valence-corrected chi connectivity index (χ1v) is 6.64. The van der Waals surface area contributed by atoms with Crippen LogP contribution >= 0.6 is 12.1 Å². The number of hydrogen-bond donors (Lipinski definition) is 1. The molecule has 0 amide bonds. The van der Waals surface area contributed by atoms with E-state index in [0.29, 0.717) is 24.5 Å². The number of aromatic amines is 1. The molecule has 0 radical (unpaired) electrons. The topological polar surface area (TPSA) is 25.0 Å². The molecule has 18 heavy (non-hydrogen) atoms. The van der Waals surface area contributed by atoms with Crippen molar-refractivity contribution >= 4 is 34.0 Å². The van der Waals surface area contributed by atoms with Gasteiger partial charge in [0.1, 0.15) is 5.75 Å². The predicted molar refractivity (Wildman–Crippen MR) is 74.9 cm³/mol. The number of fused-ring (bicyclic) bond motifs is 3. The van der Waals surface area contributed by atoms with Crippen molar-refractivity contribution in [3.05, 3.63) is 42.5 Å². The molecule has 3 rings (SSSR count). The number of halogens is 1. The van der Waals surface area contributed by atoms with E-state index in [4.69, 9.17) is 4.74 Å². The van der Waals surface area contributed by atoms with E-state index < -0.39 is 0 Å². The Balaban J connectivity index is 1.99. The van der Waals surface area contributed by atoms with Crippen molar-refractivity contribution in [1.29, 1.82) is 0 Å². The van der Waals surface area contributed by atoms with Gasteiger partial charge < -0.3 is 9.72 Å². The Morgan fingerprint density at radius 1 is 1.06 bits per heavy atom. The maximum Gasteiger partial charge on any atom is 0.121 e. The van der Waals surface area contributed by atoms with Gasteiger partial charge >= 0.3 is 0 Å². The van der Waals surface area contributed by atoms with Crippen molar-refractivity contribution in [2.45, 2.75) is 0 Å². The molecular weight excluding hydrogens is 249 g/mol. The fraction of sp³-hybridized carbons (Fsp3) is 0.143. The largest absolute Gasteiger partial charge is 0.493 e. The third-order valence-electron chi connectivity index (χ3n) is 2.91. The molecule has 0 fully saturated rings. The summed E-state index contributed by atoms with van der Waals surface area (Å²) in [6.07, 6.45) is 0. The molecule has 1 aromatic heterocycles. The first-order valence-electron chi connectivity index (χ1n) is 5.75. The van der Waals surface area contributed by atoms with Crippen molar-refractivity contribution < 1.29 is 8.62 Å². The number of aromatic nitrogens is 1. The first kappa shape index (κ1) is 11.4. The van der Waals surface area contributed by atoms with E-state index in [2.05, 4.69) is 17.1 Å². The van der Waals surface area contributed by atoms with Crippen LogP contribution < -0.4 is 4.74 Å². The summed E-state index contributed by atoms with van der Waals surface area (Å²) in [5.41, 5.74) is 2.16. The molecule has 0 atom stereocenters. The van der Waals surface area contributed by atoms with Crippen LogP contribution in [0.25, 0.3) is 21.8 Å². The van der Waals surface area contributed by atoms with Crippen LogP contribution in [0, 0.1) is 0 Å². The number of benzene rings is 2. The number of rotatable bonds is 4. The fourth-order valence-electron chi connectivity index (χ4n) is 2.11. The number of para-hydroxylation sites is 1. The maximum atomic E-state index is 11.9. The van der Waals surface area contributed by atoms with Crippen LogP contribution in [0.4, 0.5) is 3.89 Å². The van der Waals surface area contributed by atoms with Gasteiger partial charge in [0, 0.05) is 34.5 Å². The van der Waals surface area contributed by atoms with Crippen molar-refractivity contribution in [3.8, 4) is 5.75 Å². The van der Waals surface area contributed by atoms with Crippen LogP contribution in [-0.2, 0) is 0 Å². The van der Waals surface area contributed by atoms with Crippen molar-refractivity contribution in [1.82, 2.24) is 4.98 Å². The van der Waals surface area contributed by atoms with E-state index in [1.54, 1.807) is 0 Å². The van der Waals surface area contributed by atoms with Gasteiger partial charge in [0.05, 0.1) is 17.9 Å². The summed E-state index contributed by atoms with van der Waals surface area (Å²) in [7, 11) is 0. The Labute approximate surface area is 108 Å². The smallest absolute Gasteiger partial charge is 0.121 e. The molecule has 0 aliphatic heterocycles. The van der Waals surface area contributed by atoms with Crippen molar-refractivity contribution in [3.63, 3.8) is 0 Å². The normalized spacial score (nSPS) is 11.2. The fourth-order valence-corrected chi connectivity index (χ4v) is 2.26. The Hall–Kier alpha value is -1.68. The average Bonchev–Trinajstić information content (AvgIpc) is 2.76. The highest BCUT2D eigenvalue weighted by molar-refractivity contribution is 7.94. The van der Waals surface area contributed by atoms with E-state index in [9.17, 15) is 3.89 Å². The molecule has 0 saturated carbocycles. The monoisotopic (exact) mass is 261 g/mol. The molecule has 92 valence electrons. The minimum atomic E-state index is 0.295. The molecule has 1 heterocycles. The number of H-pyrrole nitrogens is 1. The standard InChI is InChI=1S/C14H12FNOS/c15-18-8-7-17-10-5-6-12-11-3-1-2-4-13(11)16-14(12)9-10/h1-6,9,16H,7-8H2. The van der Waals surface area contributed by atoms with E-state index in [1.165, 1.54) is 10.8 Å². The van der Waals surface area contributed by atoms with Crippen molar-refractivity contribution in [2.75, 3.05) is 12.4 Å². The molecule has 4 heteroatoms. The predicted octanol–water partition coefficient (Wildman–Crippen LogP) is 4.32. The second kappa shape index (κ2) is 4.90. The number of hydrogen-bond acceptors (Lipinski definition) is 2. The maximum absolute atomic E-state index is 11.9. The summed E-state index contributed by atoms with van der Waals surface area (Å²) < 4.78 is 17.4. The van der Waals surface area contributed by atoms with Crippen LogP contribution in [0.1, 0.15) is 0 Å². The molecule has 2 nitrogen and oxygen atoms in total. The highest BCUT2D eigenvalue weighted by Gasteiger charge is 2.04. The van der Waals surface area contributed by atoms with Gasteiger partial charge in [-0.25, -0.2) is 0 Å². The van der Waals surface area contributed by atoms with Crippen LogP contribution in [0.3, 0.4) is 0 Å². The number of nitrogens with one attached hydrogen (secondary N) is 1. The lowest BCUT2D eigenvalue weighted by Crippen LogP contribution is -1.98. The van der Waals surface area contributed by atoms with Crippen molar-refractivity contribution in [2.24, 2.45) is 0 Å². The van der Waals surface area contributed by atoms with Gasteiger partial charge in [-0.2, -0.15) is 3.89 Å². The lowest BCUT2D eigenvalue weighted by atomic mass is 10.1. The summed E-state index contributed by atoms with van der Waals surface area (Å²) in [6.45, 7) is 0.382. The van der Waals surface area contributed by atoms with Crippen LogP contribution in [-0.4, -0.2) is 17.3 Å². The van der Waals surface area contributed by atoms with Gasteiger partial charge in [0.15, 0.2) is 0 Å². The molecule has 0 unspecified atom stereocenters. The summed E-state index contributed by atoms with van der Waals surface area (Å²) >= 11 is 0.295. The Morgan fingerprint density at radius 3 is 2.78 bits per heavy atom. The Morgan fingerprint density at radius 2 is 1.89 bits per heavy atom. The minimum Gasteiger partial charge on any atom is -0.493 e.